The molecule has 1 N–H and O–H groups in total. The van der Waals surface area contributed by atoms with E-state index in [4.69, 9.17) is 4.74 Å². The first-order valence-corrected chi connectivity index (χ1v) is 13.8. The summed E-state index contributed by atoms with van der Waals surface area (Å²) in [6, 6.07) is 23.1. The summed E-state index contributed by atoms with van der Waals surface area (Å²) >= 11 is 0. The van der Waals surface area contributed by atoms with Gasteiger partial charge in [-0.25, -0.2) is 4.79 Å². The third kappa shape index (κ3) is 5.20. The number of nitrogens with one attached hydrogen (secondary N) is 1. The lowest BCUT2D eigenvalue weighted by Crippen LogP contribution is -2.49. The molecule has 0 saturated carbocycles. The molecule has 6 rings (SSSR count). The highest BCUT2D eigenvalue weighted by Gasteiger charge is 2.28. The number of aromatic amines is 1. The van der Waals surface area contributed by atoms with Gasteiger partial charge in [0.1, 0.15) is 0 Å². The number of fused-ring (bicyclic) bond motifs is 4. The molecule has 4 aromatic rings. The van der Waals surface area contributed by atoms with Gasteiger partial charge < -0.3 is 14.6 Å². The second-order valence-electron chi connectivity index (χ2n) is 10.3. The number of carbonyl (C=O) groups excluding carboxylic acids is 2. The highest BCUT2D eigenvalue weighted by Crippen LogP contribution is 2.31. The Balaban J connectivity index is 1.13. The molecule has 39 heavy (non-hydrogen) atoms. The molecule has 0 unspecified atom stereocenters. The van der Waals surface area contributed by atoms with Crippen LogP contribution in [-0.2, 0) is 27.3 Å². The summed E-state index contributed by atoms with van der Waals surface area (Å²) in [6.07, 6.45) is 2.36. The van der Waals surface area contributed by atoms with Gasteiger partial charge in [-0.2, -0.15) is 0 Å². The normalized spacial score (nSPS) is 16.6. The molecule has 0 spiro atoms. The Hall–Kier alpha value is -3.94. The SMILES string of the molecule is CCOC(=O)C1=CN(C(=O)CN2CCN(Cc3cccc4ccccc34)CC2)CCc2c1[nH]c1ccccc21. The van der Waals surface area contributed by atoms with Crippen LogP contribution < -0.4 is 0 Å². The maximum atomic E-state index is 13.5. The third-order valence-electron chi connectivity index (χ3n) is 7.88. The van der Waals surface area contributed by atoms with Crippen molar-refractivity contribution in [2.24, 2.45) is 0 Å². The molecule has 0 radical (unpaired) electrons. The highest BCUT2D eigenvalue weighted by atomic mass is 16.5. The van der Waals surface area contributed by atoms with Crippen LogP contribution in [0.1, 0.15) is 23.7 Å². The zero-order chi connectivity index (χ0) is 26.8. The second-order valence-corrected chi connectivity index (χ2v) is 10.3. The molecule has 1 aromatic heterocycles. The van der Waals surface area contributed by atoms with E-state index in [0.717, 1.165) is 54.9 Å². The van der Waals surface area contributed by atoms with Crippen LogP contribution in [0.3, 0.4) is 0 Å². The molecule has 0 aliphatic carbocycles. The molecule has 200 valence electrons. The van der Waals surface area contributed by atoms with E-state index in [0.29, 0.717) is 25.1 Å². The van der Waals surface area contributed by atoms with Crippen molar-refractivity contribution in [1.82, 2.24) is 19.7 Å². The largest absolute Gasteiger partial charge is 0.462 e. The molecule has 7 heteroatoms. The first-order chi connectivity index (χ1) is 19.1. The van der Waals surface area contributed by atoms with Crippen LogP contribution in [0, 0.1) is 0 Å². The maximum Gasteiger partial charge on any atom is 0.341 e. The summed E-state index contributed by atoms with van der Waals surface area (Å²) in [4.78, 5) is 36.2. The van der Waals surface area contributed by atoms with Crippen LogP contribution >= 0.6 is 0 Å². The van der Waals surface area contributed by atoms with Crippen LogP contribution in [0.5, 0.6) is 0 Å². The summed E-state index contributed by atoms with van der Waals surface area (Å²) in [5, 5.41) is 3.66. The van der Waals surface area contributed by atoms with Crippen molar-refractivity contribution in [3.8, 4) is 0 Å². The number of para-hydroxylation sites is 1. The Morgan fingerprint density at radius 2 is 1.56 bits per heavy atom. The standard InChI is InChI=1S/C32H34N4O3/c1-2-39-32(38)28-21-36(15-14-27-26-12-5-6-13-29(26)33-31(27)28)30(37)22-35-18-16-34(17-19-35)20-24-10-7-9-23-8-3-4-11-25(23)24/h3-13,21,33H,2,14-20,22H2,1H3. The lowest BCUT2D eigenvalue weighted by Gasteiger charge is -2.35. The van der Waals surface area contributed by atoms with Gasteiger partial charge in [0.25, 0.3) is 0 Å². The Labute approximate surface area is 228 Å². The Bertz CT molecular complexity index is 1540. The average Bonchev–Trinajstić information content (AvgIpc) is 3.21. The third-order valence-corrected chi connectivity index (χ3v) is 7.88. The zero-order valence-electron chi connectivity index (χ0n) is 22.4. The summed E-state index contributed by atoms with van der Waals surface area (Å²) in [7, 11) is 0. The lowest BCUT2D eigenvalue weighted by atomic mass is 10.0. The molecule has 1 amide bonds. The number of piperazine rings is 1. The van der Waals surface area contributed by atoms with Crippen LogP contribution in [0.15, 0.2) is 72.9 Å². The quantitative estimate of drug-likeness (QED) is 0.380. The fourth-order valence-corrected chi connectivity index (χ4v) is 5.83. The molecular formula is C32H34N4O3. The van der Waals surface area contributed by atoms with Gasteiger partial charge in [-0.1, -0.05) is 60.7 Å². The number of ether oxygens (including phenoxy) is 1. The van der Waals surface area contributed by atoms with E-state index in [9.17, 15) is 9.59 Å². The molecule has 3 heterocycles. The molecule has 2 aliphatic heterocycles. The summed E-state index contributed by atoms with van der Waals surface area (Å²) in [5.41, 5.74) is 4.55. The van der Waals surface area contributed by atoms with Crippen molar-refractivity contribution in [3.05, 3.63) is 89.8 Å². The van der Waals surface area contributed by atoms with E-state index in [1.54, 1.807) is 18.0 Å². The van der Waals surface area contributed by atoms with Gasteiger partial charge in [-0.3, -0.25) is 14.6 Å². The highest BCUT2D eigenvalue weighted by molar-refractivity contribution is 6.18. The number of carbonyl (C=O) groups is 2. The Morgan fingerprint density at radius 1 is 0.846 bits per heavy atom. The van der Waals surface area contributed by atoms with Crippen LogP contribution in [0.25, 0.3) is 27.2 Å². The van der Waals surface area contributed by atoms with Crippen molar-refractivity contribution in [3.63, 3.8) is 0 Å². The molecule has 0 bridgehead atoms. The van der Waals surface area contributed by atoms with Gasteiger partial charge in [0.15, 0.2) is 0 Å². The second kappa shape index (κ2) is 11.0. The molecule has 1 fully saturated rings. The number of amides is 1. The minimum absolute atomic E-state index is 0.00811. The van der Waals surface area contributed by atoms with E-state index in [2.05, 4.69) is 63.3 Å². The van der Waals surface area contributed by atoms with Gasteiger partial charge in [0.05, 0.1) is 24.4 Å². The van der Waals surface area contributed by atoms with E-state index in [1.165, 1.54) is 16.3 Å². The number of hydrogen-bond acceptors (Lipinski definition) is 5. The van der Waals surface area contributed by atoms with E-state index in [1.807, 2.05) is 18.2 Å². The number of hydrogen-bond donors (Lipinski definition) is 1. The molecule has 3 aromatic carbocycles. The van der Waals surface area contributed by atoms with Crippen molar-refractivity contribution >= 4 is 39.1 Å². The van der Waals surface area contributed by atoms with Gasteiger partial charge in [-0.05, 0) is 41.3 Å². The average molecular weight is 523 g/mol. The van der Waals surface area contributed by atoms with Gasteiger partial charge in [0, 0.05) is 56.4 Å². The minimum atomic E-state index is -0.410. The van der Waals surface area contributed by atoms with Gasteiger partial charge in [-0.15, -0.1) is 0 Å². The maximum absolute atomic E-state index is 13.5. The molecule has 2 aliphatic rings. The molecule has 1 saturated heterocycles. The molecule has 0 atom stereocenters. The van der Waals surface area contributed by atoms with E-state index < -0.39 is 5.97 Å². The summed E-state index contributed by atoms with van der Waals surface area (Å²) in [5.74, 6) is -0.402. The van der Waals surface area contributed by atoms with Crippen LogP contribution in [0.2, 0.25) is 0 Å². The van der Waals surface area contributed by atoms with Crippen molar-refractivity contribution < 1.29 is 14.3 Å². The van der Waals surface area contributed by atoms with Crippen molar-refractivity contribution in [1.29, 1.82) is 0 Å². The number of H-pyrrole nitrogens is 1. The lowest BCUT2D eigenvalue weighted by molar-refractivity contribution is -0.136. The van der Waals surface area contributed by atoms with Crippen LogP contribution in [0.4, 0.5) is 0 Å². The van der Waals surface area contributed by atoms with Crippen molar-refractivity contribution in [2.75, 3.05) is 45.9 Å². The van der Waals surface area contributed by atoms with Crippen molar-refractivity contribution in [2.45, 2.75) is 19.9 Å². The molecule has 7 nitrogen and oxygen atoms in total. The number of benzene rings is 3. The minimum Gasteiger partial charge on any atom is -0.462 e. The summed E-state index contributed by atoms with van der Waals surface area (Å²) in [6.45, 7) is 7.35. The fourth-order valence-electron chi connectivity index (χ4n) is 5.83. The Morgan fingerprint density at radius 3 is 2.38 bits per heavy atom. The van der Waals surface area contributed by atoms with Gasteiger partial charge >= 0.3 is 5.97 Å². The smallest absolute Gasteiger partial charge is 0.341 e. The van der Waals surface area contributed by atoms with E-state index >= 15 is 0 Å². The monoisotopic (exact) mass is 522 g/mol. The first-order valence-electron chi connectivity index (χ1n) is 13.8. The number of nitrogens with zero attached hydrogens (tertiary/aromatic N) is 3. The van der Waals surface area contributed by atoms with Crippen LogP contribution in [-0.4, -0.2) is 77.4 Å². The predicted octanol–water partition coefficient (Wildman–Crippen LogP) is 4.43. The first kappa shape index (κ1) is 25.3. The van der Waals surface area contributed by atoms with E-state index in [-0.39, 0.29) is 12.5 Å². The number of aromatic nitrogens is 1. The molecular weight excluding hydrogens is 488 g/mol. The zero-order valence-corrected chi connectivity index (χ0v) is 22.4. The number of esters is 1. The topological polar surface area (TPSA) is 68.9 Å². The van der Waals surface area contributed by atoms with Gasteiger partial charge in [0.2, 0.25) is 5.91 Å². The predicted molar refractivity (Wildman–Crippen MR) is 154 cm³/mol. The summed E-state index contributed by atoms with van der Waals surface area (Å²) < 4.78 is 5.37. The fraction of sp³-hybridized carbons (Fsp3) is 0.312. The Kier molecular flexibility index (Phi) is 7.18. The number of rotatable bonds is 6.